The summed E-state index contributed by atoms with van der Waals surface area (Å²) in [5, 5.41) is 2.62. The van der Waals surface area contributed by atoms with E-state index in [4.69, 9.17) is 4.74 Å². The van der Waals surface area contributed by atoms with E-state index < -0.39 is 5.97 Å². The van der Waals surface area contributed by atoms with Gasteiger partial charge in [-0.25, -0.2) is 4.79 Å². The van der Waals surface area contributed by atoms with Gasteiger partial charge in [0.05, 0.1) is 22.2 Å². The van der Waals surface area contributed by atoms with Gasteiger partial charge in [0.2, 0.25) is 5.91 Å². The van der Waals surface area contributed by atoms with Crippen molar-refractivity contribution in [3.63, 3.8) is 0 Å². The highest BCUT2D eigenvalue weighted by Crippen LogP contribution is 2.27. The van der Waals surface area contributed by atoms with Gasteiger partial charge in [-0.15, -0.1) is 11.8 Å². The molecule has 0 radical (unpaired) electrons. The van der Waals surface area contributed by atoms with Crippen LogP contribution in [0.15, 0.2) is 71.8 Å². The molecule has 0 fully saturated rings. The molecular weight excluding hydrogens is 360 g/mol. The maximum atomic E-state index is 12.5. The van der Waals surface area contributed by atoms with E-state index in [0.717, 1.165) is 16.3 Å². The molecule has 1 N–H and O–H groups in total. The Morgan fingerprint density at radius 1 is 1.15 bits per heavy atom. The number of carbonyl (C=O) groups is 2. The number of anilines is 1. The van der Waals surface area contributed by atoms with Crippen molar-refractivity contribution in [1.82, 2.24) is 4.57 Å². The van der Waals surface area contributed by atoms with Crippen LogP contribution in [-0.4, -0.2) is 21.7 Å². The van der Waals surface area contributed by atoms with Crippen LogP contribution in [0.5, 0.6) is 0 Å². The van der Waals surface area contributed by atoms with Gasteiger partial charge in [0.25, 0.3) is 0 Å². The summed E-state index contributed by atoms with van der Waals surface area (Å²) in [6, 6.07) is 18.9. The molecule has 27 heavy (non-hydrogen) atoms. The minimum atomic E-state index is -0.392. The van der Waals surface area contributed by atoms with Gasteiger partial charge in [-0.2, -0.15) is 0 Å². The lowest BCUT2D eigenvalue weighted by atomic mass is 10.1. The Morgan fingerprint density at radius 2 is 1.96 bits per heavy atom. The first-order valence-electron chi connectivity index (χ1n) is 8.62. The molecule has 5 nitrogen and oxygen atoms in total. The number of esters is 1. The highest BCUT2D eigenvalue weighted by atomic mass is 32.2. The van der Waals surface area contributed by atoms with Crippen molar-refractivity contribution in [2.75, 3.05) is 5.32 Å². The molecule has 1 amide bonds. The summed E-state index contributed by atoms with van der Waals surface area (Å²) in [6.07, 6.45) is 1.90. The summed E-state index contributed by atoms with van der Waals surface area (Å²) in [5.74, 6) is -0.510. The molecule has 0 saturated carbocycles. The van der Waals surface area contributed by atoms with E-state index in [0.29, 0.717) is 11.3 Å². The number of amides is 1. The zero-order chi connectivity index (χ0) is 18.8. The molecular formula is C21H18N2O3S. The van der Waals surface area contributed by atoms with E-state index in [-0.39, 0.29) is 17.8 Å². The third-order valence-electron chi connectivity index (χ3n) is 4.35. The number of ether oxygens (including phenoxy) is 1. The first kappa shape index (κ1) is 17.4. The number of rotatable bonds is 4. The van der Waals surface area contributed by atoms with Gasteiger partial charge in [-0.05, 0) is 49.4 Å². The average molecular weight is 378 g/mol. The number of carbonyl (C=O) groups excluding carboxylic acids is 2. The number of hydrogen-bond donors (Lipinski definition) is 1. The zero-order valence-electron chi connectivity index (χ0n) is 14.7. The number of benzene rings is 2. The quantitative estimate of drug-likeness (QED) is 0.544. The fourth-order valence-corrected chi connectivity index (χ4v) is 3.86. The van der Waals surface area contributed by atoms with Crippen molar-refractivity contribution in [2.24, 2.45) is 0 Å². The first-order valence-corrected chi connectivity index (χ1v) is 9.50. The van der Waals surface area contributed by atoms with Gasteiger partial charge in [-0.1, -0.05) is 18.2 Å². The van der Waals surface area contributed by atoms with E-state index in [2.05, 4.69) is 5.32 Å². The third-order valence-corrected chi connectivity index (χ3v) is 5.47. The molecule has 3 aromatic rings. The highest BCUT2D eigenvalue weighted by Gasteiger charge is 2.22. The van der Waals surface area contributed by atoms with Gasteiger partial charge in [0.1, 0.15) is 6.61 Å². The molecule has 0 saturated heterocycles. The summed E-state index contributed by atoms with van der Waals surface area (Å²) < 4.78 is 7.25. The topological polar surface area (TPSA) is 60.3 Å². The largest absolute Gasteiger partial charge is 0.456 e. The second kappa shape index (κ2) is 7.32. The average Bonchev–Trinajstić information content (AvgIpc) is 3.10. The lowest BCUT2D eigenvalue weighted by Crippen LogP contribution is -2.22. The Hall–Kier alpha value is -2.99. The van der Waals surface area contributed by atoms with Gasteiger partial charge in [0, 0.05) is 16.8 Å². The Kier molecular flexibility index (Phi) is 4.73. The van der Waals surface area contributed by atoms with E-state index in [9.17, 15) is 9.59 Å². The Labute approximate surface area is 161 Å². The molecule has 1 aliphatic heterocycles. The van der Waals surface area contributed by atoms with Crippen molar-refractivity contribution >= 4 is 29.3 Å². The number of hydrogen-bond acceptors (Lipinski definition) is 4. The molecule has 1 aromatic heterocycles. The second-order valence-corrected chi connectivity index (χ2v) is 7.65. The smallest absolute Gasteiger partial charge is 0.340 e. The number of nitrogens with zero attached hydrogens (tertiary/aromatic N) is 1. The summed E-state index contributed by atoms with van der Waals surface area (Å²) in [4.78, 5) is 25.9. The van der Waals surface area contributed by atoms with E-state index in [1.807, 2.05) is 66.2 Å². The van der Waals surface area contributed by atoms with Crippen LogP contribution < -0.4 is 5.32 Å². The van der Waals surface area contributed by atoms with Crippen LogP contribution in [0, 0.1) is 0 Å². The first-order chi connectivity index (χ1) is 13.1. The molecule has 1 atom stereocenters. The molecule has 2 aromatic carbocycles. The Balaban J connectivity index is 1.54. The third kappa shape index (κ3) is 3.61. The molecule has 2 heterocycles. The van der Waals surface area contributed by atoms with Gasteiger partial charge in [-0.3, -0.25) is 4.79 Å². The molecule has 4 rings (SSSR count). The van der Waals surface area contributed by atoms with Gasteiger partial charge >= 0.3 is 5.97 Å². The molecule has 0 spiro atoms. The standard InChI is InChI=1S/C21H18N2O3S/c1-14(27-17-7-3-2-4-8-17)20(24)22-15-9-10-19-18(12-15)21(25)26-13-16-6-5-11-23(16)19/h2-12,14H,13H2,1H3,(H,22,24)/t14-/m0/s1. The number of nitrogens with one attached hydrogen (secondary N) is 1. The van der Waals surface area contributed by atoms with Crippen molar-refractivity contribution in [3.8, 4) is 5.69 Å². The van der Waals surface area contributed by atoms with Crippen molar-refractivity contribution < 1.29 is 14.3 Å². The van der Waals surface area contributed by atoms with Crippen LogP contribution in [0.3, 0.4) is 0 Å². The predicted molar refractivity (Wildman–Crippen MR) is 105 cm³/mol. The SMILES string of the molecule is C[C@H](Sc1ccccc1)C(=O)Nc1ccc2c(c1)C(=O)OCc1cccn1-2. The fraction of sp³-hybridized carbons (Fsp3) is 0.143. The number of aromatic nitrogens is 1. The molecule has 1 aliphatic rings. The maximum Gasteiger partial charge on any atom is 0.340 e. The monoisotopic (exact) mass is 378 g/mol. The van der Waals surface area contributed by atoms with E-state index in [1.54, 1.807) is 12.1 Å². The minimum Gasteiger partial charge on any atom is -0.456 e. The second-order valence-electron chi connectivity index (χ2n) is 6.24. The van der Waals surface area contributed by atoms with Gasteiger partial charge < -0.3 is 14.6 Å². The molecule has 136 valence electrons. The normalized spacial score (nSPS) is 13.7. The van der Waals surface area contributed by atoms with E-state index >= 15 is 0 Å². The fourth-order valence-electron chi connectivity index (χ4n) is 2.97. The van der Waals surface area contributed by atoms with Crippen LogP contribution >= 0.6 is 11.8 Å². The molecule has 0 unspecified atom stereocenters. The van der Waals surface area contributed by atoms with Crippen molar-refractivity contribution in [3.05, 3.63) is 78.1 Å². The maximum absolute atomic E-state index is 12.5. The van der Waals surface area contributed by atoms with Crippen LogP contribution in [0.2, 0.25) is 0 Å². The summed E-state index contributed by atoms with van der Waals surface area (Å²) in [7, 11) is 0. The lowest BCUT2D eigenvalue weighted by Gasteiger charge is -2.14. The van der Waals surface area contributed by atoms with Crippen molar-refractivity contribution in [2.45, 2.75) is 23.7 Å². The Morgan fingerprint density at radius 3 is 2.78 bits per heavy atom. The zero-order valence-corrected chi connectivity index (χ0v) is 15.5. The van der Waals surface area contributed by atoms with Crippen LogP contribution in [0.25, 0.3) is 5.69 Å². The Bertz CT molecular complexity index is 998. The van der Waals surface area contributed by atoms with Crippen LogP contribution in [0.4, 0.5) is 5.69 Å². The lowest BCUT2D eigenvalue weighted by molar-refractivity contribution is -0.115. The molecule has 0 aliphatic carbocycles. The molecule has 0 bridgehead atoms. The predicted octanol–water partition coefficient (Wildman–Crippen LogP) is 4.27. The molecule has 6 heteroatoms. The summed E-state index contributed by atoms with van der Waals surface area (Å²) >= 11 is 1.49. The van der Waals surface area contributed by atoms with Crippen LogP contribution in [0.1, 0.15) is 23.0 Å². The van der Waals surface area contributed by atoms with Crippen molar-refractivity contribution in [1.29, 1.82) is 0 Å². The van der Waals surface area contributed by atoms with E-state index in [1.165, 1.54) is 11.8 Å². The summed E-state index contributed by atoms with van der Waals surface area (Å²) in [5.41, 5.74) is 2.67. The number of fused-ring (bicyclic) bond motifs is 3. The number of cyclic esters (lactones) is 1. The highest BCUT2D eigenvalue weighted by molar-refractivity contribution is 8.00. The summed E-state index contributed by atoms with van der Waals surface area (Å²) in [6.45, 7) is 2.09. The minimum absolute atomic E-state index is 0.118. The number of thioether (sulfide) groups is 1. The van der Waals surface area contributed by atoms with Crippen LogP contribution in [-0.2, 0) is 16.1 Å². The van der Waals surface area contributed by atoms with Gasteiger partial charge in [0.15, 0.2) is 0 Å².